The maximum atomic E-state index is 14.2. The fourth-order valence-electron chi connectivity index (χ4n) is 11.1. The first-order valence-corrected chi connectivity index (χ1v) is 32.9. The third kappa shape index (κ3) is 21.3. The zero-order valence-corrected chi connectivity index (χ0v) is 60.0. The number of hydrogen-bond acceptors (Lipinski definition) is 17. The van der Waals surface area contributed by atoms with E-state index in [2.05, 4.69) is 63.5 Å². The van der Waals surface area contributed by atoms with E-state index in [0.717, 1.165) is 17.9 Å². The number of carbonyl (C=O) groups is 14. The minimum absolute atomic E-state index is 0.00376. The monoisotopic (exact) mass is 1480 g/mol. The fourth-order valence-corrected chi connectivity index (χ4v) is 11.1. The minimum Gasteiger partial charge on any atom is -0.480 e. The molecule has 14 N–H and O–H groups in total. The molecule has 40 nitrogen and oxygen atoms in total. The number of rotatable bonds is 34. The Morgan fingerprint density at radius 2 is 0.757 bits per heavy atom. The molecule has 40 heteroatoms. The average molecular weight is 1480 g/mol. The maximum absolute atomic E-state index is 14.2. The highest BCUT2D eigenvalue weighted by Crippen LogP contribution is 2.24. The molecule has 8 rings (SSSR count). The van der Waals surface area contributed by atoms with Crippen LogP contribution in [0.25, 0.3) is 0 Å². The Bertz CT molecular complexity index is 4730. The number of hydrogen-bond donors (Lipinski definition) is 14. The Morgan fingerprint density at radius 1 is 0.411 bits per heavy atom. The zero-order valence-electron chi connectivity index (χ0n) is 60.0. The number of aromatic nitrogens is 9. The van der Waals surface area contributed by atoms with Crippen molar-refractivity contribution in [3.63, 3.8) is 0 Å². The Hall–Kier alpha value is -13.5. The summed E-state index contributed by atoms with van der Waals surface area (Å²) < 4.78 is 11.6. The molecule has 0 saturated carbocycles. The number of aryl methyl sites for hydroxylation is 8. The predicted octanol–water partition coefficient (Wildman–Crippen LogP) is 1.78. The maximum Gasteiger partial charge on any atom is 0.415 e. The van der Waals surface area contributed by atoms with Gasteiger partial charge in [-0.1, -0.05) is 0 Å². The molecule has 1 atom stereocenters. The quantitative estimate of drug-likeness (QED) is 0.0256. The van der Waals surface area contributed by atoms with Crippen molar-refractivity contribution >= 4 is 123 Å². The van der Waals surface area contributed by atoms with Crippen molar-refractivity contribution in [1.29, 1.82) is 0 Å². The SMILES string of the molecule is CN(C)CCCNC(=O)CCNC(=O)c1cc(NC(=O)c2cc(NC(=O)c3cc(NC(=O)c4cc(NC(=O)[C@@H](CCNC(=O)c5cc(NC(=O)c6cc(NC(=O)c7cc(NC(=O)c8nccn8C)cn7C)cn6C)cn5C)NC(=O)N(CCN(CC(=O)O)CC(=O)O)C(=O)O)cn4C)cn3C)cn2C)cn1C. The van der Waals surface area contributed by atoms with Crippen LogP contribution in [0.5, 0.6) is 0 Å². The van der Waals surface area contributed by atoms with Crippen LogP contribution in [0.3, 0.4) is 0 Å². The third-order valence-electron chi connectivity index (χ3n) is 16.4. The van der Waals surface area contributed by atoms with E-state index in [4.69, 9.17) is 0 Å². The van der Waals surface area contributed by atoms with Crippen LogP contribution in [0.2, 0.25) is 0 Å². The summed E-state index contributed by atoms with van der Waals surface area (Å²) in [5.41, 5.74) is 2.08. The average Bonchev–Trinajstić information content (AvgIpc) is 1.70. The van der Waals surface area contributed by atoms with E-state index in [1.807, 2.05) is 19.0 Å². The normalized spacial score (nSPS) is 11.3. The van der Waals surface area contributed by atoms with Crippen LogP contribution in [0.4, 0.5) is 49.4 Å². The minimum atomic E-state index is -1.86. The second kappa shape index (κ2) is 35.1. The lowest BCUT2D eigenvalue weighted by Crippen LogP contribution is -2.53. The van der Waals surface area contributed by atoms with Crippen LogP contribution >= 0.6 is 0 Å². The zero-order chi connectivity index (χ0) is 78.2. The Labute approximate surface area is 610 Å². The predicted molar refractivity (Wildman–Crippen MR) is 386 cm³/mol. The van der Waals surface area contributed by atoms with Crippen LogP contribution in [-0.4, -0.2) is 227 Å². The third-order valence-corrected chi connectivity index (χ3v) is 16.4. The topological polar surface area (TPSA) is 494 Å². The molecule has 568 valence electrons. The van der Waals surface area contributed by atoms with Gasteiger partial charge in [-0.25, -0.2) is 19.5 Å². The summed E-state index contributed by atoms with van der Waals surface area (Å²) in [5.74, 6) is -8.72. The van der Waals surface area contributed by atoms with Crippen LogP contribution in [-0.2, 0) is 75.6 Å². The lowest BCUT2D eigenvalue weighted by molar-refractivity contribution is -0.141. The Balaban J connectivity index is 0.876. The number of nitrogens with zero attached hydrogens (tertiary/aromatic N) is 12. The van der Waals surface area contributed by atoms with Crippen LogP contribution < -0.4 is 58.5 Å². The van der Waals surface area contributed by atoms with E-state index in [1.165, 1.54) is 130 Å². The first kappa shape index (κ1) is 79.2. The van der Waals surface area contributed by atoms with Crippen molar-refractivity contribution in [2.75, 3.05) is 104 Å². The van der Waals surface area contributed by atoms with E-state index in [1.54, 1.807) is 60.9 Å². The summed E-state index contributed by atoms with van der Waals surface area (Å²) in [6.07, 6.45) is 11.9. The number of carbonyl (C=O) groups excluding carboxylic acids is 11. The highest BCUT2D eigenvalue weighted by Gasteiger charge is 2.30. The van der Waals surface area contributed by atoms with Gasteiger partial charge in [-0.3, -0.25) is 62.4 Å². The van der Waals surface area contributed by atoms with Gasteiger partial charge in [-0.15, -0.1) is 0 Å². The van der Waals surface area contributed by atoms with Crippen LogP contribution in [0.15, 0.2) is 98.2 Å². The number of carboxylic acids is 2. The highest BCUT2D eigenvalue weighted by atomic mass is 16.4. The van der Waals surface area contributed by atoms with Crippen LogP contribution in [0, 0.1) is 0 Å². The van der Waals surface area contributed by atoms with Crippen molar-refractivity contribution in [2.45, 2.75) is 25.3 Å². The van der Waals surface area contributed by atoms with Gasteiger partial charge in [0, 0.05) is 151 Å². The number of anilines is 7. The molecular weight excluding hydrogens is 1400 g/mol. The molecule has 0 bridgehead atoms. The molecule has 107 heavy (non-hydrogen) atoms. The van der Waals surface area contributed by atoms with Gasteiger partial charge in [0.05, 0.1) is 52.9 Å². The largest absolute Gasteiger partial charge is 0.480 e. The molecular formula is C67H83N23O17. The number of nitrogens with one attached hydrogen (secondary N) is 11. The second-order valence-electron chi connectivity index (χ2n) is 25.1. The van der Waals surface area contributed by atoms with Gasteiger partial charge in [0.15, 0.2) is 5.82 Å². The van der Waals surface area contributed by atoms with Crippen molar-refractivity contribution in [2.24, 2.45) is 56.4 Å². The van der Waals surface area contributed by atoms with E-state index in [9.17, 15) is 82.4 Å². The molecule has 8 aromatic heterocycles. The first-order chi connectivity index (χ1) is 50.6. The summed E-state index contributed by atoms with van der Waals surface area (Å²) in [6, 6.07) is 6.71. The molecule has 0 radical (unpaired) electrons. The van der Waals surface area contributed by atoms with E-state index in [0.29, 0.717) is 17.9 Å². The highest BCUT2D eigenvalue weighted by molar-refractivity contribution is 6.11. The van der Waals surface area contributed by atoms with Crippen molar-refractivity contribution < 1.29 is 82.4 Å². The van der Waals surface area contributed by atoms with Gasteiger partial charge in [0.25, 0.3) is 47.3 Å². The summed E-state index contributed by atoms with van der Waals surface area (Å²) in [5, 5.41) is 58.1. The fraction of sp³-hybridized carbons (Fsp3) is 0.328. The molecule has 8 aromatic rings. The molecule has 0 aliphatic rings. The van der Waals surface area contributed by atoms with Crippen molar-refractivity contribution in [3.8, 4) is 0 Å². The number of carboxylic acid groups (broad SMARTS) is 3. The molecule has 0 aliphatic carbocycles. The molecule has 0 aliphatic heterocycles. The van der Waals surface area contributed by atoms with Gasteiger partial charge in [0.1, 0.15) is 45.9 Å². The smallest absolute Gasteiger partial charge is 0.415 e. The number of urea groups is 1. The Kier molecular flexibility index (Phi) is 26.0. The van der Waals surface area contributed by atoms with Crippen molar-refractivity contribution in [3.05, 3.63) is 144 Å². The molecule has 0 unspecified atom stereocenters. The van der Waals surface area contributed by atoms with E-state index in [-0.39, 0.29) is 104 Å². The molecule has 0 spiro atoms. The summed E-state index contributed by atoms with van der Waals surface area (Å²) in [7, 11) is 16.4. The lowest BCUT2D eigenvalue weighted by atomic mass is 10.2. The molecule has 13 amide bonds. The standard InChI is InChI=1S/C67H83N23O17/c1-80(2)18-11-14-68-53(91)13-16-71-59(98)47-23-40(31-83(47)5)74-62(101)49-25-42(33-85(49)7)76-63(102)51-27-41(32-87(51)9)75-60(99)48-24-38(29-84(48)6)72-57(96)45(79-66(105)90(67(106)107)21-20-89(36-54(92)93)37-55(94)95)12-15-70-58(97)46-22-39(30-82(46)4)73-61(100)50-26-43(34-86(50)8)77-64(103)52-28-44(35-88(52)10)78-65(104)56-69-17-19-81(56)3/h17,19,22-35,45H,11-16,18,20-21,36-37H2,1-10H3,(H,68,91)(H,70,97)(H,71,98)(H,72,96)(H,73,100)(H,74,101)(H,75,99)(H,76,102)(H,77,103)(H,78,104)(H,79,105)(H,92,93)(H,94,95)(H,106,107)/t45-/m1/s1. The van der Waals surface area contributed by atoms with E-state index < -0.39 is 116 Å². The molecule has 8 heterocycles. The molecule has 0 fully saturated rings. The van der Waals surface area contributed by atoms with Gasteiger partial charge >= 0.3 is 24.1 Å². The summed E-state index contributed by atoms with van der Waals surface area (Å²) in [4.78, 5) is 190. The number of aliphatic carboxylic acids is 2. The molecule has 0 aromatic carbocycles. The number of imide groups is 1. The lowest BCUT2D eigenvalue weighted by Gasteiger charge is -2.25. The van der Waals surface area contributed by atoms with Gasteiger partial charge in [-0.2, -0.15) is 0 Å². The number of amides is 13. The van der Waals surface area contributed by atoms with Crippen molar-refractivity contribution in [1.82, 2.24) is 77.5 Å². The summed E-state index contributed by atoms with van der Waals surface area (Å²) in [6.45, 7) is -1.94. The summed E-state index contributed by atoms with van der Waals surface area (Å²) >= 11 is 0. The number of imidazole rings is 1. The van der Waals surface area contributed by atoms with Gasteiger partial charge < -0.3 is 115 Å². The van der Waals surface area contributed by atoms with E-state index >= 15 is 0 Å². The van der Waals surface area contributed by atoms with Gasteiger partial charge in [0.2, 0.25) is 11.8 Å². The molecule has 0 saturated heterocycles. The second-order valence-corrected chi connectivity index (χ2v) is 25.1. The van der Waals surface area contributed by atoms with Crippen LogP contribution in [0.1, 0.15) is 103 Å². The van der Waals surface area contributed by atoms with Gasteiger partial charge in [-0.05, 0) is 75.9 Å². The Morgan fingerprint density at radius 3 is 1.09 bits per heavy atom. The first-order valence-electron chi connectivity index (χ1n) is 32.9.